The van der Waals surface area contributed by atoms with Crippen molar-refractivity contribution >= 4 is 5.97 Å². The molecule has 0 aliphatic carbocycles. The minimum Gasteiger partial charge on any atom is -0.475 e. The number of rotatable bonds is 6. The molecule has 2 aromatic rings. The lowest BCUT2D eigenvalue weighted by Gasteiger charge is -2.03. The van der Waals surface area contributed by atoms with Crippen LogP contribution in [-0.2, 0) is 13.1 Å². The van der Waals surface area contributed by atoms with Crippen LogP contribution in [0.15, 0.2) is 22.9 Å². The van der Waals surface area contributed by atoms with E-state index in [-0.39, 0.29) is 5.76 Å². The normalized spacial score (nSPS) is 10.7. The van der Waals surface area contributed by atoms with Crippen molar-refractivity contribution < 1.29 is 14.3 Å². The molecule has 2 N–H and O–H groups in total. The molecule has 7 heteroatoms. The number of furan rings is 1. The highest BCUT2D eigenvalue weighted by Gasteiger charge is 2.12. The lowest BCUT2D eigenvalue weighted by Crippen LogP contribution is -2.19. The molecule has 0 bridgehead atoms. The van der Waals surface area contributed by atoms with Crippen LogP contribution in [0.4, 0.5) is 0 Å². The number of hydrogen-bond acceptors (Lipinski definition) is 5. The molecule has 7 nitrogen and oxygen atoms in total. The van der Waals surface area contributed by atoms with Crippen LogP contribution < -0.4 is 5.32 Å². The van der Waals surface area contributed by atoms with Crippen LogP contribution in [0.2, 0.25) is 0 Å². The van der Waals surface area contributed by atoms with Crippen LogP contribution in [0.1, 0.15) is 21.9 Å². The molecule has 2 heterocycles. The monoisotopic (exact) mass is 250 g/mol. The van der Waals surface area contributed by atoms with Gasteiger partial charge >= 0.3 is 5.97 Å². The zero-order valence-corrected chi connectivity index (χ0v) is 9.96. The fourth-order valence-corrected chi connectivity index (χ4v) is 1.57. The molecule has 0 unspecified atom stereocenters. The minimum absolute atomic E-state index is 0.0272. The highest BCUT2D eigenvalue weighted by atomic mass is 16.4. The van der Waals surface area contributed by atoms with Gasteiger partial charge in [0.25, 0.3) is 0 Å². The number of aromatic nitrogens is 3. The summed E-state index contributed by atoms with van der Waals surface area (Å²) in [6, 6.07) is 1.54. The second-order valence-corrected chi connectivity index (χ2v) is 3.84. The van der Waals surface area contributed by atoms with Gasteiger partial charge in [0.15, 0.2) is 0 Å². The zero-order chi connectivity index (χ0) is 13.0. The maximum Gasteiger partial charge on any atom is 0.371 e. The van der Waals surface area contributed by atoms with Gasteiger partial charge in [-0.25, -0.2) is 4.79 Å². The van der Waals surface area contributed by atoms with Gasteiger partial charge in [0.05, 0.1) is 12.7 Å². The standard InChI is InChI=1S/C11H14N4O3/c1-8-9(6-10(18-8)11(16)17)7-12-2-4-15-5-3-13-14-15/h3,5-6,12H,2,4,7H2,1H3,(H,16,17). The SMILES string of the molecule is Cc1oc(C(=O)O)cc1CNCCn1ccnn1. The van der Waals surface area contributed by atoms with Crippen molar-refractivity contribution in [3.8, 4) is 0 Å². The van der Waals surface area contributed by atoms with Crippen molar-refractivity contribution in [2.24, 2.45) is 0 Å². The van der Waals surface area contributed by atoms with Crippen molar-refractivity contribution in [2.75, 3.05) is 6.54 Å². The van der Waals surface area contributed by atoms with E-state index in [1.54, 1.807) is 30.1 Å². The Kier molecular flexibility index (Phi) is 3.73. The maximum absolute atomic E-state index is 10.7. The summed E-state index contributed by atoms with van der Waals surface area (Å²) in [5.74, 6) is -0.451. The van der Waals surface area contributed by atoms with Gasteiger partial charge in [-0.15, -0.1) is 5.10 Å². The van der Waals surface area contributed by atoms with Crippen molar-refractivity contribution in [1.29, 1.82) is 0 Å². The molecule has 0 saturated heterocycles. The van der Waals surface area contributed by atoms with Gasteiger partial charge in [-0.2, -0.15) is 0 Å². The van der Waals surface area contributed by atoms with E-state index in [4.69, 9.17) is 9.52 Å². The summed E-state index contributed by atoms with van der Waals surface area (Å²) in [6.45, 7) is 3.75. The van der Waals surface area contributed by atoms with Crippen LogP contribution in [0.3, 0.4) is 0 Å². The van der Waals surface area contributed by atoms with Crippen LogP contribution in [0, 0.1) is 6.92 Å². The second-order valence-electron chi connectivity index (χ2n) is 3.84. The summed E-state index contributed by atoms with van der Waals surface area (Å²) < 4.78 is 6.83. The Labute approximate surface area is 103 Å². The predicted molar refractivity (Wildman–Crippen MR) is 62.1 cm³/mol. The van der Waals surface area contributed by atoms with Gasteiger partial charge in [-0.05, 0) is 13.0 Å². The zero-order valence-electron chi connectivity index (χ0n) is 9.96. The van der Waals surface area contributed by atoms with Crippen molar-refractivity contribution in [3.63, 3.8) is 0 Å². The molecule has 18 heavy (non-hydrogen) atoms. The van der Waals surface area contributed by atoms with E-state index in [0.717, 1.165) is 12.1 Å². The fraction of sp³-hybridized carbons (Fsp3) is 0.364. The van der Waals surface area contributed by atoms with E-state index in [1.807, 2.05) is 0 Å². The molecule has 2 aromatic heterocycles. The van der Waals surface area contributed by atoms with Crippen molar-refractivity contribution in [3.05, 3.63) is 35.5 Å². The van der Waals surface area contributed by atoms with Gasteiger partial charge in [0, 0.05) is 24.8 Å². The number of aryl methyl sites for hydroxylation is 1. The molecular formula is C11H14N4O3. The first-order valence-electron chi connectivity index (χ1n) is 5.54. The second kappa shape index (κ2) is 5.46. The van der Waals surface area contributed by atoms with E-state index in [2.05, 4.69) is 15.6 Å². The number of carboxylic acid groups (broad SMARTS) is 1. The summed E-state index contributed by atoms with van der Waals surface area (Å²) in [4.78, 5) is 10.7. The molecule has 0 atom stereocenters. The average Bonchev–Trinajstić information content (AvgIpc) is 2.94. The third-order valence-corrected chi connectivity index (χ3v) is 2.54. The molecule has 0 aromatic carbocycles. The predicted octanol–water partition coefficient (Wildman–Crippen LogP) is 0.668. The van der Waals surface area contributed by atoms with Crippen molar-refractivity contribution in [1.82, 2.24) is 20.3 Å². The Bertz CT molecular complexity index is 518. The third-order valence-electron chi connectivity index (χ3n) is 2.54. The molecule has 0 aliphatic heterocycles. The van der Waals surface area contributed by atoms with Crippen LogP contribution >= 0.6 is 0 Å². The minimum atomic E-state index is -1.05. The van der Waals surface area contributed by atoms with Gasteiger partial charge in [-0.3, -0.25) is 4.68 Å². The lowest BCUT2D eigenvalue weighted by atomic mass is 10.2. The number of nitrogens with zero attached hydrogens (tertiary/aromatic N) is 3. The molecule has 96 valence electrons. The summed E-state index contributed by atoms with van der Waals surface area (Å²) >= 11 is 0. The topological polar surface area (TPSA) is 93.2 Å². The van der Waals surface area contributed by atoms with Gasteiger partial charge in [0.2, 0.25) is 5.76 Å². The number of carbonyl (C=O) groups is 1. The van der Waals surface area contributed by atoms with E-state index in [0.29, 0.717) is 18.8 Å². The maximum atomic E-state index is 10.7. The first kappa shape index (κ1) is 12.3. The Morgan fingerprint density at radius 1 is 1.61 bits per heavy atom. The summed E-state index contributed by atoms with van der Waals surface area (Å²) in [6.07, 6.45) is 3.41. The molecule has 2 rings (SSSR count). The number of carboxylic acids is 1. The molecule has 0 spiro atoms. The Hall–Kier alpha value is -2.15. The quantitative estimate of drug-likeness (QED) is 0.732. The van der Waals surface area contributed by atoms with Gasteiger partial charge in [0.1, 0.15) is 5.76 Å². The summed E-state index contributed by atoms with van der Waals surface area (Å²) in [5, 5.41) is 19.5. The molecule has 0 aliphatic rings. The number of nitrogens with one attached hydrogen (secondary N) is 1. The van der Waals surface area contributed by atoms with Gasteiger partial charge < -0.3 is 14.8 Å². The molecule has 0 saturated carbocycles. The number of hydrogen-bond donors (Lipinski definition) is 2. The Morgan fingerprint density at radius 2 is 2.44 bits per heavy atom. The number of aromatic carboxylic acids is 1. The van der Waals surface area contributed by atoms with E-state index < -0.39 is 5.97 Å². The van der Waals surface area contributed by atoms with Crippen LogP contribution in [-0.4, -0.2) is 32.6 Å². The fourth-order valence-electron chi connectivity index (χ4n) is 1.57. The average molecular weight is 250 g/mol. The van der Waals surface area contributed by atoms with Crippen LogP contribution in [0.5, 0.6) is 0 Å². The first-order valence-corrected chi connectivity index (χ1v) is 5.54. The largest absolute Gasteiger partial charge is 0.475 e. The van der Waals surface area contributed by atoms with E-state index >= 15 is 0 Å². The molecule has 0 fully saturated rings. The summed E-state index contributed by atoms with van der Waals surface area (Å²) in [7, 11) is 0. The first-order chi connectivity index (χ1) is 8.66. The van der Waals surface area contributed by atoms with E-state index in [9.17, 15) is 4.79 Å². The summed E-state index contributed by atoms with van der Waals surface area (Å²) in [5.41, 5.74) is 0.853. The smallest absolute Gasteiger partial charge is 0.371 e. The molecular weight excluding hydrogens is 236 g/mol. The Morgan fingerprint density at radius 3 is 3.06 bits per heavy atom. The van der Waals surface area contributed by atoms with E-state index in [1.165, 1.54) is 0 Å². The highest BCUT2D eigenvalue weighted by Crippen LogP contribution is 2.14. The third kappa shape index (κ3) is 2.95. The highest BCUT2D eigenvalue weighted by molar-refractivity contribution is 5.84. The molecule has 0 amide bonds. The van der Waals surface area contributed by atoms with Gasteiger partial charge in [-0.1, -0.05) is 5.21 Å². The Balaban J connectivity index is 1.81. The van der Waals surface area contributed by atoms with Crippen LogP contribution in [0.25, 0.3) is 0 Å². The van der Waals surface area contributed by atoms with Crippen molar-refractivity contribution in [2.45, 2.75) is 20.0 Å². The molecule has 0 radical (unpaired) electrons. The lowest BCUT2D eigenvalue weighted by molar-refractivity contribution is 0.0661.